The standard InChI is InChI=1S/C12H12ClN3O5/c13-8-3-7(4-9(5-8)16(20)21)11(17)15-2-1-14-6-10(15)12(18)19/h3-5,10,14H,1-2,6H2,(H,18,19). The van der Waals surface area contributed by atoms with E-state index in [0.29, 0.717) is 6.54 Å². The van der Waals surface area contributed by atoms with E-state index in [2.05, 4.69) is 5.32 Å². The minimum absolute atomic E-state index is 0.00218. The number of carbonyl (C=O) groups excluding carboxylic acids is 1. The molecule has 0 spiro atoms. The summed E-state index contributed by atoms with van der Waals surface area (Å²) in [4.78, 5) is 34.9. The fraction of sp³-hybridized carbons (Fsp3) is 0.333. The molecule has 21 heavy (non-hydrogen) atoms. The molecule has 1 fully saturated rings. The number of piperazine rings is 1. The first kappa shape index (κ1) is 15.2. The Morgan fingerprint density at radius 3 is 2.76 bits per heavy atom. The Morgan fingerprint density at radius 2 is 2.14 bits per heavy atom. The second kappa shape index (κ2) is 6.06. The lowest BCUT2D eigenvalue weighted by atomic mass is 10.1. The zero-order valence-corrected chi connectivity index (χ0v) is 11.5. The predicted octanol–water partition coefficient (Wildman–Crippen LogP) is 0.747. The van der Waals surface area contributed by atoms with Crippen LogP contribution in [0, 0.1) is 10.1 Å². The Bertz CT molecular complexity index is 607. The maximum absolute atomic E-state index is 12.4. The fourth-order valence-corrected chi connectivity index (χ4v) is 2.37. The summed E-state index contributed by atoms with van der Waals surface area (Å²) in [6, 6.07) is 2.50. The summed E-state index contributed by atoms with van der Waals surface area (Å²) in [5, 5.41) is 22.9. The van der Waals surface area contributed by atoms with Crippen LogP contribution in [0.4, 0.5) is 5.69 Å². The van der Waals surface area contributed by atoms with E-state index >= 15 is 0 Å². The number of non-ortho nitro benzene ring substituents is 1. The number of nitro benzene ring substituents is 1. The van der Waals surface area contributed by atoms with E-state index in [0.717, 1.165) is 12.1 Å². The van der Waals surface area contributed by atoms with Crippen LogP contribution in [-0.4, -0.2) is 52.5 Å². The number of carbonyl (C=O) groups is 2. The van der Waals surface area contributed by atoms with Gasteiger partial charge in [0.2, 0.25) is 0 Å². The summed E-state index contributed by atoms with van der Waals surface area (Å²) >= 11 is 5.77. The highest BCUT2D eigenvalue weighted by Crippen LogP contribution is 2.22. The maximum atomic E-state index is 12.4. The molecule has 0 radical (unpaired) electrons. The Hall–Kier alpha value is -2.19. The molecule has 1 aromatic rings. The summed E-state index contributed by atoms with van der Waals surface area (Å²) in [7, 11) is 0. The molecule has 1 aliphatic rings. The van der Waals surface area contributed by atoms with Gasteiger partial charge in [0.1, 0.15) is 6.04 Å². The number of nitrogens with zero attached hydrogens (tertiary/aromatic N) is 2. The van der Waals surface area contributed by atoms with Crippen LogP contribution in [0.3, 0.4) is 0 Å². The number of nitro groups is 1. The van der Waals surface area contributed by atoms with Crippen LogP contribution in [0.15, 0.2) is 18.2 Å². The monoisotopic (exact) mass is 313 g/mol. The molecular weight excluding hydrogens is 302 g/mol. The molecule has 1 atom stereocenters. The number of hydrogen-bond acceptors (Lipinski definition) is 5. The number of aliphatic carboxylic acids is 1. The molecule has 8 nitrogen and oxygen atoms in total. The molecule has 1 saturated heterocycles. The van der Waals surface area contributed by atoms with Crippen molar-refractivity contribution in [1.29, 1.82) is 0 Å². The first-order chi connectivity index (χ1) is 9.90. The van der Waals surface area contributed by atoms with Crippen LogP contribution >= 0.6 is 11.6 Å². The van der Waals surface area contributed by atoms with Crippen LogP contribution in [0.1, 0.15) is 10.4 Å². The molecule has 112 valence electrons. The molecule has 1 aromatic carbocycles. The van der Waals surface area contributed by atoms with Gasteiger partial charge in [-0.05, 0) is 6.07 Å². The van der Waals surface area contributed by atoms with Gasteiger partial charge in [-0.1, -0.05) is 11.6 Å². The molecule has 1 unspecified atom stereocenters. The number of halogens is 1. The second-order valence-corrected chi connectivity index (χ2v) is 4.95. The van der Waals surface area contributed by atoms with E-state index in [4.69, 9.17) is 16.7 Å². The van der Waals surface area contributed by atoms with Gasteiger partial charge in [-0.15, -0.1) is 0 Å². The summed E-state index contributed by atoms with van der Waals surface area (Å²) in [5.74, 6) is -1.72. The second-order valence-electron chi connectivity index (χ2n) is 4.51. The van der Waals surface area contributed by atoms with Crippen LogP contribution in [-0.2, 0) is 4.79 Å². The maximum Gasteiger partial charge on any atom is 0.327 e. The molecule has 0 aromatic heterocycles. The van der Waals surface area contributed by atoms with E-state index in [1.807, 2.05) is 0 Å². The van der Waals surface area contributed by atoms with Crippen molar-refractivity contribution in [3.05, 3.63) is 38.9 Å². The topological polar surface area (TPSA) is 113 Å². The summed E-state index contributed by atoms with van der Waals surface area (Å²) in [6.07, 6.45) is 0. The van der Waals surface area contributed by atoms with Gasteiger partial charge in [-0.3, -0.25) is 14.9 Å². The fourth-order valence-electron chi connectivity index (χ4n) is 2.14. The minimum atomic E-state index is -1.13. The van der Waals surface area contributed by atoms with E-state index in [1.54, 1.807) is 0 Å². The average Bonchev–Trinajstić information content (AvgIpc) is 2.45. The van der Waals surface area contributed by atoms with Gasteiger partial charge in [0.15, 0.2) is 0 Å². The summed E-state index contributed by atoms with van der Waals surface area (Å²) in [6.45, 7) is 0.790. The third-order valence-electron chi connectivity index (χ3n) is 3.13. The first-order valence-electron chi connectivity index (χ1n) is 6.09. The highest BCUT2D eigenvalue weighted by Gasteiger charge is 2.33. The molecule has 1 amide bonds. The number of amides is 1. The lowest BCUT2D eigenvalue weighted by Crippen LogP contribution is -2.56. The van der Waals surface area contributed by atoms with Gasteiger partial charge in [0.25, 0.3) is 11.6 Å². The lowest BCUT2D eigenvalue weighted by Gasteiger charge is -2.33. The Labute approximate surface area is 124 Å². The third-order valence-corrected chi connectivity index (χ3v) is 3.35. The number of carboxylic acids is 1. The number of benzene rings is 1. The molecule has 0 bridgehead atoms. The Morgan fingerprint density at radius 1 is 1.43 bits per heavy atom. The van der Waals surface area contributed by atoms with Crippen LogP contribution in [0.25, 0.3) is 0 Å². The molecule has 2 N–H and O–H groups in total. The van der Waals surface area contributed by atoms with Gasteiger partial charge in [-0.2, -0.15) is 0 Å². The predicted molar refractivity (Wildman–Crippen MR) is 73.4 cm³/mol. The molecule has 0 aliphatic carbocycles. The van der Waals surface area contributed by atoms with E-state index < -0.39 is 22.8 Å². The lowest BCUT2D eigenvalue weighted by molar-refractivity contribution is -0.384. The van der Waals surface area contributed by atoms with E-state index in [9.17, 15) is 19.7 Å². The van der Waals surface area contributed by atoms with Crippen LogP contribution in [0.5, 0.6) is 0 Å². The largest absolute Gasteiger partial charge is 0.480 e. The highest BCUT2D eigenvalue weighted by atomic mass is 35.5. The van der Waals surface area contributed by atoms with Gasteiger partial charge >= 0.3 is 5.97 Å². The summed E-state index contributed by atoms with van der Waals surface area (Å²) in [5.41, 5.74) is -0.310. The SMILES string of the molecule is O=C(O)C1CNCCN1C(=O)c1cc(Cl)cc([N+](=O)[O-])c1. The molecule has 1 heterocycles. The van der Waals surface area contributed by atoms with Crippen LogP contribution < -0.4 is 5.32 Å². The highest BCUT2D eigenvalue weighted by molar-refractivity contribution is 6.31. The Kier molecular flexibility index (Phi) is 4.39. The Balaban J connectivity index is 2.34. The first-order valence-corrected chi connectivity index (χ1v) is 6.47. The molecule has 1 aliphatic heterocycles. The molecule has 0 saturated carbocycles. The van der Waals surface area contributed by atoms with Crippen molar-refractivity contribution in [2.75, 3.05) is 19.6 Å². The van der Waals surface area contributed by atoms with Crippen molar-refractivity contribution in [3.8, 4) is 0 Å². The van der Waals surface area contributed by atoms with E-state index in [-0.39, 0.29) is 29.4 Å². The van der Waals surface area contributed by atoms with Crippen molar-refractivity contribution >= 4 is 29.2 Å². The molecule has 9 heteroatoms. The van der Waals surface area contributed by atoms with Crippen molar-refractivity contribution in [2.45, 2.75) is 6.04 Å². The van der Waals surface area contributed by atoms with Gasteiger partial charge in [-0.25, -0.2) is 4.79 Å². The van der Waals surface area contributed by atoms with Crippen molar-refractivity contribution in [2.24, 2.45) is 0 Å². The average molecular weight is 314 g/mol. The van der Waals surface area contributed by atoms with Crippen molar-refractivity contribution in [3.63, 3.8) is 0 Å². The van der Waals surface area contributed by atoms with Crippen molar-refractivity contribution in [1.82, 2.24) is 10.2 Å². The zero-order valence-electron chi connectivity index (χ0n) is 10.8. The number of hydrogen-bond donors (Lipinski definition) is 2. The van der Waals surface area contributed by atoms with E-state index in [1.165, 1.54) is 11.0 Å². The normalized spacial score (nSPS) is 18.3. The smallest absolute Gasteiger partial charge is 0.327 e. The third kappa shape index (κ3) is 3.29. The van der Waals surface area contributed by atoms with Crippen molar-refractivity contribution < 1.29 is 19.6 Å². The summed E-state index contributed by atoms with van der Waals surface area (Å²) < 4.78 is 0. The zero-order chi connectivity index (χ0) is 15.6. The minimum Gasteiger partial charge on any atom is -0.480 e. The number of nitrogens with one attached hydrogen (secondary N) is 1. The molecule has 2 rings (SSSR count). The molecular formula is C12H12ClN3O5. The van der Waals surface area contributed by atoms with Crippen LogP contribution in [0.2, 0.25) is 5.02 Å². The van der Waals surface area contributed by atoms with Gasteiger partial charge in [0, 0.05) is 42.4 Å². The van der Waals surface area contributed by atoms with Gasteiger partial charge < -0.3 is 15.3 Å². The quantitative estimate of drug-likeness (QED) is 0.629. The van der Waals surface area contributed by atoms with Gasteiger partial charge in [0.05, 0.1) is 4.92 Å². The number of carboxylic acid groups (broad SMARTS) is 1. The number of rotatable bonds is 3.